The molecule has 2 rings (SSSR count). The van der Waals surface area contributed by atoms with E-state index in [2.05, 4.69) is 17.1 Å². The first-order valence-electron chi connectivity index (χ1n) is 7.93. The fourth-order valence-electron chi connectivity index (χ4n) is 3.06. The molecule has 2 saturated heterocycles. The minimum atomic E-state index is 0.132. The molecule has 0 radical (unpaired) electrons. The highest BCUT2D eigenvalue weighted by molar-refractivity contribution is 5.74. The summed E-state index contributed by atoms with van der Waals surface area (Å²) in [7, 11) is 1.74. The third kappa shape index (κ3) is 4.63. The van der Waals surface area contributed by atoms with E-state index in [4.69, 9.17) is 4.74 Å². The van der Waals surface area contributed by atoms with E-state index >= 15 is 0 Å². The van der Waals surface area contributed by atoms with E-state index in [1.807, 2.05) is 4.90 Å². The maximum absolute atomic E-state index is 12.1. The Morgan fingerprint density at radius 3 is 2.70 bits per heavy atom. The molecule has 116 valence electrons. The lowest BCUT2D eigenvalue weighted by Gasteiger charge is -2.30. The Hall–Kier alpha value is -0.810. The summed E-state index contributed by atoms with van der Waals surface area (Å²) in [4.78, 5) is 16.5. The zero-order chi connectivity index (χ0) is 14.4. The van der Waals surface area contributed by atoms with Crippen LogP contribution in [0.4, 0.5) is 4.79 Å². The van der Waals surface area contributed by atoms with Crippen LogP contribution in [-0.2, 0) is 4.74 Å². The molecular weight excluding hydrogens is 254 g/mol. The van der Waals surface area contributed by atoms with Gasteiger partial charge in [-0.15, -0.1) is 0 Å². The number of ether oxygens (including phenoxy) is 1. The van der Waals surface area contributed by atoms with Crippen molar-refractivity contribution in [1.82, 2.24) is 15.1 Å². The van der Waals surface area contributed by atoms with Crippen LogP contribution in [0.25, 0.3) is 0 Å². The largest absolute Gasteiger partial charge is 0.383 e. The van der Waals surface area contributed by atoms with Crippen LogP contribution < -0.4 is 5.32 Å². The molecule has 0 aromatic rings. The van der Waals surface area contributed by atoms with Crippen molar-refractivity contribution >= 4 is 6.03 Å². The first-order valence-corrected chi connectivity index (χ1v) is 7.93. The van der Waals surface area contributed by atoms with Gasteiger partial charge in [-0.1, -0.05) is 6.92 Å². The third-order valence-corrected chi connectivity index (χ3v) is 4.59. The summed E-state index contributed by atoms with van der Waals surface area (Å²) in [6.07, 6.45) is 3.46. The number of nitrogens with zero attached hydrogens (tertiary/aromatic N) is 2. The van der Waals surface area contributed by atoms with Crippen molar-refractivity contribution in [2.45, 2.75) is 26.2 Å². The van der Waals surface area contributed by atoms with Gasteiger partial charge in [0.15, 0.2) is 0 Å². The van der Waals surface area contributed by atoms with E-state index in [1.54, 1.807) is 7.11 Å². The predicted octanol–water partition coefficient (Wildman–Crippen LogP) is 1.40. The van der Waals surface area contributed by atoms with Gasteiger partial charge in [-0.3, -0.25) is 0 Å². The van der Waals surface area contributed by atoms with Gasteiger partial charge in [0.05, 0.1) is 6.61 Å². The Balaban J connectivity index is 1.62. The lowest BCUT2D eigenvalue weighted by atomic mass is 10.00. The van der Waals surface area contributed by atoms with E-state index in [9.17, 15) is 4.79 Å². The van der Waals surface area contributed by atoms with Gasteiger partial charge >= 0.3 is 6.03 Å². The molecule has 2 aliphatic rings. The van der Waals surface area contributed by atoms with Gasteiger partial charge in [-0.25, -0.2) is 4.79 Å². The molecule has 1 N–H and O–H groups in total. The van der Waals surface area contributed by atoms with E-state index in [0.29, 0.717) is 5.92 Å². The lowest BCUT2D eigenvalue weighted by molar-refractivity contribution is 0.158. The van der Waals surface area contributed by atoms with E-state index in [-0.39, 0.29) is 6.03 Å². The van der Waals surface area contributed by atoms with Gasteiger partial charge in [0.1, 0.15) is 0 Å². The van der Waals surface area contributed by atoms with Crippen LogP contribution >= 0.6 is 0 Å². The average molecular weight is 283 g/mol. The van der Waals surface area contributed by atoms with E-state index in [0.717, 1.165) is 64.6 Å². The molecule has 1 atom stereocenters. The molecule has 2 amide bonds. The topological polar surface area (TPSA) is 44.8 Å². The summed E-state index contributed by atoms with van der Waals surface area (Å²) in [5, 5.41) is 3.11. The van der Waals surface area contributed by atoms with Gasteiger partial charge in [0.2, 0.25) is 0 Å². The summed E-state index contributed by atoms with van der Waals surface area (Å²) in [6, 6.07) is 0.132. The summed E-state index contributed by atoms with van der Waals surface area (Å²) in [5.74, 6) is 1.36. The van der Waals surface area contributed by atoms with E-state index < -0.39 is 0 Å². The first kappa shape index (κ1) is 15.6. The molecule has 0 saturated carbocycles. The van der Waals surface area contributed by atoms with Crippen LogP contribution in [0.15, 0.2) is 0 Å². The Morgan fingerprint density at radius 1 is 1.25 bits per heavy atom. The number of carbonyl (C=O) groups excluding carboxylic acids is 1. The minimum absolute atomic E-state index is 0.132. The van der Waals surface area contributed by atoms with Crippen LogP contribution in [0, 0.1) is 11.8 Å². The second-order valence-electron chi connectivity index (χ2n) is 6.30. The smallest absolute Gasteiger partial charge is 0.317 e. The van der Waals surface area contributed by atoms with Crippen molar-refractivity contribution in [3.05, 3.63) is 0 Å². The Bertz CT molecular complexity index is 303. The highest BCUT2D eigenvalue weighted by atomic mass is 16.5. The van der Waals surface area contributed by atoms with Gasteiger partial charge < -0.3 is 19.9 Å². The van der Waals surface area contributed by atoms with Crippen molar-refractivity contribution < 1.29 is 9.53 Å². The van der Waals surface area contributed by atoms with Gasteiger partial charge in [0.25, 0.3) is 0 Å². The van der Waals surface area contributed by atoms with Crippen LogP contribution in [-0.4, -0.2) is 68.8 Å². The average Bonchev–Trinajstić information content (AvgIpc) is 2.91. The molecule has 2 fully saturated rings. The number of amides is 2. The number of methoxy groups -OCH3 is 1. The monoisotopic (exact) mass is 283 g/mol. The number of piperidine rings is 1. The van der Waals surface area contributed by atoms with Gasteiger partial charge in [-0.05, 0) is 37.6 Å². The third-order valence-electron chi connectivity index (χ3n) is 4.59. The van der Waals surface area contributed by atoms with Crippen LogP contribution in [0.2, 0.25) is 0 Å². The maximum Gasteiger partial charge on any atom is 0.317 e. The highest BCUT2D eigenvalue weighted by Gasteiger charge is 2.24. The first-order chi connectivity index (χ1) is 9.69. The van der Waals surface area contributed by atoms with Crippen molar-refractivity contribution in [3.8, 4) is 0 Å². The summed E-state index contributed by atoms with van der Waals surface area (Å²) >= 11 is 0. The Morgan fingerprint density at radius 2 is 2.00 bits per heavy atom. The second kappa shape index (κ2) is 7.84. The fraction of sp³-hybridized carbons (Fsp3) is 0.933. The van der Waals surface area contributed by atoms with Crippen LogP contribution in [0.3, 0.4) is 0 Å². The zero-order valence-electron chi connectivity index (χ0n) is 12.9. The molecule has 0 aromatic heterocycles. The number of rotatable bonds is 5. The van der Waals surface area contributed by atoms with Gasteiger partial charge in [0, 0.05) is 39.8 Å². The van der Waals surface area contributed by atoms with Crippen LogP contribution in [0.5, 0.6) is 0 Å². The normalized spacial score (nSPS) is 25.1. The summed E-state index contributed by atoms with van der Waals surface area (Å²) in [6.45, 7) is 8.92. The molecule has 0 aliphatic carbocycles. The van der Waals surface area contributed by atoms with E-state index in [1.165, 1.54) is 6.42 Å². The SMILES string of the molecule is COCCN1CC[C@H](CNC(=O)N2CCC(C)CC2)C1. The summed E-state index contributed by atoms with van der Waals surface area (Å²) in [5.41, 5.74) is 0. The zero-order valence-corrected chi connectivity index (χ0v) is 12.9. The number of nitrogens with one attached hydrogen (secondary N) is 1. The van der Waals surface area contributed by atoms with Crippen molar-refractivity contribution in [2.24, 2.45) is 11.8 Å². The summed E-state index contributed by atoms with van der Waals surface area (Å²) < 4.78 is 5.11. The molecule has 0 bridgehead atoms. The standard InChI is InChI=1S/C15H29N3O2/c1-13-3-7-18(8-4-13)15(19)16-11-14-5-6-17(12-14)9-10-20-2/h13-14H,3-12H2,1-2H3,(H,16,19)/t14-/m1/s1. The molecule has 0 aromatic carbocycles. The predicted molar refractivity (Wildman–Crippen MR) is 79.8 cm³/mol. The molecule has 20 heavy (non-hydrogen) atoms. The maximum atomic E-state index is 12.1. The fourth-order valence-corrected chi connectivity index (χ4v) is 3.06. The Kier molecular flexibility index (Phi) is 6.10. The number of hydrogen-bond acceptors (Lipinski definition) is 3. The number of likely N-dealkylation sites (tertiary alicyclic amines) is 2. The molecule has 0 spiro atoms. The highest BCUT2D eigenvalue weighted by Crippen LogP contribution is 2.17. The quantitative estimate of drug-likeness (QED) is 0.829. The van der Waals surface area contributed by atoms with Gasteiger partial charge in [-0.2, -0.15) is 0 Å². The number of urea groups is 1. The van der Waals surface area contributed by atoms with Crippen molar-refractivity contribution in [1.29, 1.82) is 0 Å². The molecule has 0 unspecified atom stereocenters. The molecule has 5 nitrogen and oxygen atoms in total. The lowest BCUT2D eigenvalue weighted by Crippen LogP contribution is -2.45. The van der Waals surface area contributed by atoms with Crippen molar-refractivity contribution in [2.75, 3.05) is 53.0 Å². The molecule has 2 aliphatic heterocycles. The Labute approximate surface area is 122 Å². The molecular formula is C15H29N3O2. The number of hydrogen-bond donors (Lipinski definition) is 1. The number of carbonyl (C=O) groups is 1. The minimum Gasteiger partial charge on any atom is -0.383 e. The molecule has 2 heterocycles. The van der Waals surface area contributed by atoms with Crippen LogP contribution in [0.1, 0.15) is 26.2 Å². The second-order valence-corrected chi connectivity index (χ2v) is 6.30. The molecule has 5 heteroatoms. The van der Waals surface area contributed by atoms with Crippen molar-refractivity contribution in [3.63, 3.8) is 0 Å².